The molecule has 0 bridgehead atoms. The Morgan fingerprint density at radius 2 is 1.94 bits per heavy atom. The average molecular weight is 609 g/mol. The Balaban J connectivity index is 1.32. The third-order valence-electron chi connectivity index (χ3n) is 5.40. The molecule has 1 fully saturated rings. The largest absolute Gasteiger partial charge is 0.378 e. The number of nitrogens with one attached hydrogen (secondary N) is 3. The first kappa shape index (κ1) is 23.3. The second kappa shape index (κ2) is 10.5. The molecule has 0 saturated carbocycles. The van der Waals surface area contributed by atoms with Gasteiger partial charge >= 0.3 is 6.03 Å². The van der Waals surface area contributed by atoms with Gasteiger partial charge in [0.1, 0.15) is 11.0 Å². The molecule has 5 rings (SSSR count). The number of hydrogen-bond acceptors (Lipinski definition) is 7. The summed E-state index contributed by atoms with van der Waals surface area (Å²) in [7, 11) is 0. The van der Waals surface area contributed by atoms with Gasteiger partial charge in [-0.25, -0.2) is 14.8 Å². The lowest BCUT2D eigenvalue weighted by Gasteiger charge is -2.29. The lowest BCUT2D eigenvalue weighted by molar-refractivity contribution is 0.122. The van der Waals surface area contributed by atoms with Crippen molar-refractivity contribution in [3.8, 4) is 11.4 Å². The van der Waals surface area contributed by atoms with E-state index in [-0.39, 0.29) is 27.0 Å². The summed E-state index contributed by atoms with van der Waals surface area (Å²) in [5.74, 6) is 1.38. The number of morpholine rings is 1. The molecule has 2 aliphatic rings. The first-order chi connectivity index (χ1) is 16.6. The van der Waals surface area contributed by atoms with Gasteiger partial charge in [0.2, 0.25) is 0 Å². The number of benzene rings is 2. The van der Waals surface area contributed by atoms with Crippen LogP contribution in [-0.4, -0.2) is 52.6 Å². The van der Waals surface area contributed by atoms with Crippen LogP contribution in [0.25, 0.3) is 11.4 Å². The molecule has 176 valence electrons. The number of rotatable bonds is 5. The Morgan fingerprint density at radius 1 is 1.15 bits per heavy atom. The normalized spacial score (nSPS) is 14.7. The van der Waals surface area contributed by atoms with Crippen LogP contribution in [0.2, 0.25) is 5.15 Å². The quantitative estimate of drug-likeness (QED) is 0.153. The van der Waals surface area contributed by atoms with Gasteiger partial charge in [0.15, 0.2) is 5.82 Å². The topological polar surface area (TPSA) is 91.4 Å². The maximum atomic E-state index is 12.6. The molecular formula is C23H22ClIN6O2S. The molecule has 0 spiro atoms. The van der Waals surface area contributed by atoms with Crippen molar-refractivity contribution in [1.29, 1.82) is 0 Å². The van der Waals surface area contributed by atoms with Crippen LogP contribution in [-0.2, 0) is 4.74 Å². The van der Waals surface area contributed by atoms with Crippen molar-refractivity contribution in [2.24, 2.45) is 0 Å². The highest BCUT2D eigenvalue weighted by molar-refractivity contribution is 14.2. The zero-order valence-electron chi connectivity index (χ0n) is 18.3. The summed E-state index contributed by atoms with van der Waals surface area (Å²) in [4.78, 5) is 25.0. The van der Waals surface area contributed by atoms with Crippen LogP contribution >= 0.6 is 44.4 Å². The van der Waals surface area contributed by atoms with Crippen LogP contribution in [0.1, 0.15) is 5.56 Å². The molecule has 2 aliphatic heterocycles. The van der Waals surface area contributed by atoms with Gasteiger partial charge in [-0.1, -0.05) is 17.7 Å². The van der Waals surface area contributed by atoms with E-state index < -0.39 is 0 Å². The molecule has 1 aromatic heterocycles. The molecule has 0 aliphatic carbocycles. The fourth-order valence-electron chi connectivity index (χ4n) is 3.71. The van der Waals surface area contributed by atoms with Gasteiger partial charge in [0, 0.05) is 29.9 Å². The van der Waals surface area contributed by atoms with Crippen molar-refractivity contribution in [1.82, 2.24) is 9.97 Å². The predicted octanol–water partition coefficient (Wildman–Crippen LogP) is 5.46. The zero-order valence-corrected chi connectivity index (χ0v) is 22.0. The molecule has 3 heterocycles. The van der Waals surface area contributed by atoms with Crippen molar-refractivity contribution in [2.75, 3.05) is 51.6 Å². The monoisotopic (exact) mass is 608 g/mol. The van der Waals surface area contributed by atoms with Gasteiger partial charge < -0.3 is 23.8 Å². The highest BCUT2D eigenvalue weighted by Crippen LogP contribution is 2.35. The summed E-state index contributed by atoms with van der Waals surface area (Å²) < 4.78 is 11.0. The number of halogens is 2. The number of fused-ring (bicyclic) bond motifs is 1. The minimum Gasteiger partial charge on any atom is -0.378 e. The Morgan fingerprint density at radius 3 is 2.71 bits per heavy atom. The van der Waals surface area contributed by atoms with Crippen LogP contribution in [0.3, 0.4) is 0 Å². The first-order valence-corrected chi connectivity index (χ1v) is 14.5. The van der Waals surface area contributed by atoms with Gasteiger partial charge in [0.05, 0.1) is 29.5 Å². The lowest BCUT2D eigenvalue weighted by Crippen LogP contribution is -2.37. The van der Waals surface area contributed by atoms with Gasteiger partial charge in [0.25, 0.3) is 0 Å². The summed E-state index contributed by atoms with van der Waals surface area (Å²) in [6.45, 7) is 2.85. The fourth-order valence-corrected chi connectivity index (χ4v) is 6.62. The molecule has 1 saturated heterocycles. The summed E-state index contributed by atoms with van der Waals surface area (Å²) in [5.41, 5.74) is 4.41. The lowest BCUT2D eigenvalue weighted by atomic mass is 10.1. The van der Waals surface area contributed by atoms with E-state index in [1.165, 1.54) is 11.8 Å². The van der Waals surface area contributed by atoms with E-state index in [1.54, 1.807) is 0 Å². The van der Waals surface area contributed by atoms with Crippen LogP contribution < -0.4 is 19.1 Å². The molecule has 11 heteroatoms. The van der Waals surface area contributed by atoms with E-state index in [2.05, 4.69) is 28.1 Å². The number of urea groups is 1. The van der Waals surface area contributed by atoms with Crippen LogP contribution in [0, 0.1) is 0 Å². The number of anilines is 4. The Bertz CT molecular complexity index is 1250. The average Bonchev–Trinajstić information content (AvgIpc) is 3.35. The summed E-state index contributed by atoms with van der Waals surface area (Å²) in [5, 5.41) is 6.26. The number of carbonyl (C=O) groups excluding carboxylic acids is 1. The van der Waals surface area contributed by atoms with E-state index >= 15 is 0 Å². The molecule has 0 unspecified atom stereocenters. The fraction of sp³-hybridized carbons (Fsp3) is 0.217. The molecule has 8 nitrogen and oxygen atoms in total. The van der Waals surface area contributed by atoms with E-state index in [9.17, 15) is 4.79 Å². The van der Waals surface area contributed by atoms with E-state index in [1.807, 2.05) is 48.7 Å². The van der Waals surface area contributed by atoms with Crippen molar-refractivity contribution in [2.45, 2.75) is 4.90 Å². The third-order valence-corrected chi connectivity index (χ3v) is 8.39. The summed E-state index contributed by atoms with van der Waals surface area (Å²) >= 11 is 7.86. The number of amides is 2. The number of nitrogens with zero attached hydrogens (tertiary/aromatic N) is 3. The Kier molecular flexibility index (Phi) is 7.18. The van der Waals surface area contributed by atoms with Gasteiger partial charge in [-0.05, 0) is 67.7 Å². The molecule has 2 aromatic carbocycles. The molecule has 2 amide bonds. The van der Waals surface area contributed by atoms with Crippen molar-refractivity contribution >= 4 is 77.3 Å². The van der Waals surface area contributed by atoms with E-state index in [0.29, 0.717) is 29.9 Å². The minimum absolute atomic E-state index is 0.197. The second-order valence-electron chi connectivity index (χ2n) is 7.53. The molecule has 3 aromatic rings. The van der Waals surface area contributed by atoms with Gasteiger partial charge in [-0.15, -0.1) is 11.8 Å². The van der Waals surface area contributed by atoms with Crippen LogP contribution in [0.5, 0.6) is 0 Å². The van der Waals surface area contributed by atoms with Crippen LogP contribution in [0.4, 0.5) is 27.7 Å². The number of hydrogen-bond donors (Lipinski definition) is 3. The first-order valence-electron chi connectivity index (χ1n) is 10.6. The number of ether oxygens (including phenoxy) is 1. The summed E-state index contributed by atoms with van der Waals surface area (Å²) in [6.07, 6.45) is 1.97. The zero-order chi connectivity index (χ0) is 23.5. The highest BCUT2D eigenvalue weighted by atomic mass is 127. The predicted molar refractivity (Wildman–Crippen MR) is 149 cm³/mol. The highest BCUT2D eigenvalue weighted by Gasteiger charge is 2.21. The molecule has 0 atom stereocenters. The standard InChI is InChI=1S/C23H22ClIN6O2S/c1-34-19-20(24)28-21(29-22(19)31-9-11-33-12-10-31)14-5-7-15(8-6-14)26-23(32)27-17-3-2-4-18-16(17)13-25-30-18/h2-8,13,30H,9-12H2,1H3,(H2,26,27,32). The van der Waals surface area contributed by atoms with Crippen molar-refractivity contribution in [3.05, 3.63) is 53.2 Å². The molecule has 0 radical (unpaired) electrons. The number of thioether (sulfide) groups is 1. The Hall–Kier alpha value is -2.41. The molecular weight excluding hydrogens is 587 g/mol. The summed E-state index contributed by atoms with van der Waals surface area (Å²) in [6, 6.07) is 13.0. The minimum atomic E-state index is -0.294. The van der Waals surface area contributed by atoms with E-state index in [0.717, 1.165) is 46.3 Å². The smallest absolute Gasteiger partial charge is 0.323 e. The molecule has 3 N–H and O–H groups in total. The van der Waals surface area contributed by atoms with Gasteiger partial charge in [-0.3, -0.25) is 0 Å². The second-order valence-corrected chi connectivity index (χ2v) is 10.5. The van der Waals surface area contributed by atoms with E-state index in [4.69, 9.17) is 21.3 Å². The maximum Gasteiger partial charge on any atom is 0.323 e. The SMILES string of the molecule is CSc1c(Cl)nc(-c2ccc(NC(=O)Nc3cccc4c3C=IN4)cc2)nc1N1CCOCC1. The van der Waals surface area contributed by atoms with Gasteiger partial charge in [-0.2, -0.15) is 0 Å². The third kappa shape index (κ3) is 4.99. The number of aromatic nitrogens is 2. The van der Waals surface area contributed by atoms with Crippen LogP contribution in [0.15, 0.2) is 47.4 Å². The number of carbonyl (C=O) groups is 1. The van der Waals surface area contributed by atoms with Crippen molar-refractivity contribution < 1.29 is 9.53 Å². The van der Waals surface area contributed by atoms with Crippen molar-refractivity contribution in [3.63, 3.8) is 0 Å². The maximum absolute atomic E-state index is 12.6. The Labute approximate surface area is 216 Å². The molecule has 34 heavy (non-hydrogen) atoms.